The summed E-state index contributed by atoms with van der Waals surface area (Å²) in [6.45, 7) is 0. The highest BCUT2D eigenvalue weighted by Gasteiger charge is 2.29. The van der Waals surface area contributed by atoms with Crippen molar-refractivity contribution in [2.75, 3.05) is 0 Å². The number of amides is 2. The number of primary amides is 1. The molecule has 1 rings (SSSR count). The highest BCUT2D eigenvalue weighted by atomic mass is 19.2. The summed E-state index contributed by atoms with van der Waals surface area (Å²) in [7, 11) is 0. The van der Waals surface area contributed by atoms with Crippen LogP contribution in [0.15, 0.2) is 30.3 Å². The minimum atomic E-state index is -1.60. The van der Waals surface area contributed by atoms with E-state index in [0.29, 0.717) is 5.56 Å². The molecule has 0 aromatic heterocycles. The molecule has 0 radical (unpaired) electrons. The zero-order valence-corrected chi connectivity index (χ0v) is 8.34. The summed E-state index contributed by atoms with van der Waals surface area (Å²) in [5.74, 6) is -1.44. The molecular weight excluding hydrogens is 215 g/mol. The largest absolute Gasteiger partial charge is 0.480 e. The Morgan fingerprint density at radius 3 is 2.38 bits per heavy atom. The quantitative estimate of drug-likeness (QED) is 0.749. The van der Waals surface area contributed by atoms with Gasteiger partial charge < -0.3 is 10.8 Å². The molecular formula is C10H11FN2O3. The van der Waals surface area contributed by atoms with Gasteiger partial charge in [-0.05, 0) is 5.56 Å². The van der Waals surface area contributed by atoms with Gasteiger partial charge in [0.15, 0.2) is 6.04 Å². The number of nitrogens with two attached hydrogens (primary N) is 1. The number of hydrogen-bond donors (Lipinski definition) is 2. The summed E-state index contributed by atoms with van der Waals surface area (Å²) < 4.78 is 13.1. The van der Waals surface area contributed by atoms with Gasteiger partial charge in [-0.1, -0.05) is 34.8 Å². The Morgan fingerprint density at radius 1 is 1.38 bits per heavy atom. The van der Waals surface area contributed by atoms with Crippen molar-refractivity contribution in [3.8, 4) is 0 Å². The molecule has 0 bridgehead atoms. The maximum absolute atomic E-state index is 13.1. The van der Waals surface area contributed by atoms with E-state index < -0.39 is 23.2 Å². The van der Waals surface area contributed by atoms with Crippen molar-refractivity contribution >= 4 is 12.0 Å². The maximum atomic E-state index is 13.1. The van der Waals surface area contributed by atoms with Crippen molar-refractivity contribution in [3.05, 3.63) is 35.9 Å². The Hall–Kier alpha value is -2.11. The predicted molar refractivity (Wildman–Crippen MR) is 54.1 cm³/mol. The molecule has 1 aromatic rings. The predicted octanol–water partition coefficient (Wildman–Crippen LogP) is 0.948. The molecule has 0 aliphatic rings. The maximum Gasteiger partial charge on any atom is 0.343 e. The van der Waals surface area contributed by atoms with Crippen LogP contribution in [0.25, 0.3) is 0 Å². The number of aliphatic carboxylic acids is 1. The van der Waals surface area contributed by atoms with Crippen molar-refractivity contribution in [2.24, 2.45) is 5.73 Å². The van der Waals surface area contributed by atoms with Crippen molar-refractivity contribution < 1.29 is 19.2 Å². The average molecular weight is 226 g/mol. The molecule has 2 amide bonds. The lowest BCUT2D eigenvalue weighted by molar-refractivity contribution is -0.147. The Morgan fingerprint density at radius 2 is 1.94 bits per heavy atom. The first kappa shape index (κ1) is 12.0. The van der Waals surface area contributed by atoms with Crippen LogP contribution in [-0.4, -0.2) is 28.3 Å². The molecule has 3 N–H and O–H groups in total. The standard InChI is InChI=1S/C10H11FN2O3/c11-13(10(12)16)8(9(14)15)6-7-4-2-1-3-5-7/h1-5,8H,6H2,(H2,12,16)(H,14,15). The Labute approximate surface area is 91.2 Å². The molecule has 6 heteroatoms. The number of carboxylic acids is 1. The summed E-state index contributed by atoms with van der Waals surface area (Å²) in [5.41, 5.74) is 5.29. The summed E-state index contributed by atoms with van der Waals surface area (Å²) in [6.07, 6.45) is -0.129. The first-order valence-electron chi connectivity index (χ1n) is 4.53. The van der Waals surface area contributed by atoms with E-state index in [-0.39, 0.29) is 6.42 Å². The fourth-order valence-corrected chi connectivity index (χ4v) is 1.26. The molecule has 0 fully saturated rings. The summed E-state index contributed by atoms with van der Waals surface area (Å²) in [6, 6.07) is 5.42. The van der Waals surface area contributed by atoms with Crippen molar-refractivity contribution in [2.45, 2.75) is 12.5 Å². The van der Waals surface area contributed by atoms with E-state index in [9.17, 15) is 14.1 Å². The van der Waals surface area contributed by atoms with E-state index in [0.717, 1.165) is 0 Å². The van der Waals surface area contributed by atoms with Gasteiger partial charge in [0.05, 0.1) is 0 Å². The van der Waals surface area contributed by atoms with E-state index in [1.165, 1.54) is 0 Å². The van der Waals surface area contributed by atoms with Gasteiger partial charge in [0.1, 0.15) is 0 Å². The van der Waals surface area contributed by atoms with Crippen LogP contribution in [0.1, 0.15) is 5.56 Å². The molecule has 0 spiro atoms. The normalized spacial score (nSPS) is 11.8. The van der Waals surface area contributed by atoms with Crippen molar-refractivity contribution in [1.29, 1.82) is 0 Å². The summed E-state index contributed by atoms with van der Waals surface area (Å²) >= 11 is 0. The van der Waals surface area contributed by atoms with Gasteiger partial charge in [0, 0.05) is 6.42 Å². The van der Waals surface area contributed by atoms with Gasteiger partial charge >= 0.3 is 12.0 Å². The smallest absolute Gasteiger partial charge is 0.343 e. The zero-order chi connectivity index (χ0) is 12.1. The van der Waals surface area contributed by atoms with E-state index >= 15 is 0 Å². The monoisotopic (exact) mass is 226 g/mol. The van der Waals surface area contributed by atoms with Crippen LogP contribution in [0, 0.1) is 0 Å². The van der Waals surface area contributed by atoms with Crippen LogP contribution in [0.3, 0.4) is 0 Å². The zero-order valence-electron chi connectivity index (χ0n) is 8.34. The van der Waals surface area contributed by atoms with E-state index in [1.54, 1.807) is 30.3 Å². The number of rotatable bonds is 4. The number of carbonyl (C=O) groups is 2. The number of carboxylic acid groups (broad SMARTS) is 1. The van der Waals surface area contributed by atoms with Crippen LogP contribution in [0.2, 0.25) is 0 Å². The topological polar surface area (TPSA) is 83.6 Å². The highest BCUT2D eigenvalue weighted by Crippen LogP contribution is 2.09. The van der Waals surface area contributed by atoms with Crippen LogP contribution < -0.4 is 5.73 Å². The number of hydrogen-bond acceptors (Lipinski definition) is 2. The molecule has 0 saturated carbocycles. The van der Waals surface area contributed by atoms with Gasteiger partial charge in [0.2, 0.25) is 0 Å². The van der Waals surface area contributed by atoms with Crippen LogP contribution in [0.4, 0.5) is 9.28 Å². The van der Waals surface area contributed by atoms with Gasteiger partial charge in [0.25, 0.3) is 0 Å². The Balaban J connectivity index is 2.81. The number of carbonyl (C=O) groups excluding carboxylic acids is 1. The lowest BCUT2D eigenvalue weighted by Gasteiger charge is -2.17. The van der Waals surface area contributed by atoms with E-state index in [1.807, 2.05) is 0 Å². The van der Waals surface area contributed by atoms with Gasteiger partial charge in [-0.3, -0.25) is 0 Å². The lowest BCUT2D eigenvalue weighted by Crippen LogP contribution is -2.43. The molecule has 1 unspecified atom stereocenters. The third-order valence-corrected chi connectivity index (χ3v) is 2.04. The van der Waals surface area contributed by atoms with Gasteiger partial charge in [-0.2, -0.15) is 0 Å². The molecule has 16 heavy (non-hydrogen) atoms. The fourth-order valence-electron chi connectivity index (χ4n) is 1.26. The van der Waals surface area contributed by atoms with Crippen LogP contribution >= 0.6 is 0 Å². The molecule has 5 nitrogen and oxygen atoms in total. The third kappa shape index (κ3) is 2.94. The lowest BCUT2D eigenvalue weighted by atomic mass is 10.1. The minimum Gasteiger partial charge on any atom is -0.480 e. The minimum absolute atomic E-state index is 0.129. The first-order valence-corrected chi connectivity index (χ1v) is 4.53. The van der Waals surface area contributed by atoms with E-state index in [4.69, 9.17) is 5.11 Å². The van der Waals surface area contributed by atoms with Gasteiger partial charge in [-0.15, -0.1) is 5.12 Å². The number of halogens is 1. The SMILES string of the molecule is NC(=O)N(F)C(Cc1ccccc1)C(=O)O. The molecule has 0 saturated heterocycles. The van der Waals surface area contributed by atoms with Gasteiger partial charge in [-0.25, -0.2) is 9.59 Å². The third-order valence-electron chi connectivity index (χ3n) is 2.04. The molecule has 0 heterocycles. The van der Waals surface area contributed by atoms with Crippen LogP contribution in [0.5, 0.6) is 0 Å². The number of urea groups is 1. The summed E-state index contributed by atoms with van der Waals surface area (Å²) in [5, 5.41) is 8.29. The Bertz CT molecular complexity index is 383. The molecule has 0 aliphatic carbocycles. The molecule has 86 valence electrons. The second kappa shape index (κ2) is 5.11. The first-order chi connectivity index (χ1) is 7.52. The van der Waals surface area contributed by atoms with Crippen molar-refractivity contribution in [3.63, 3.8) is 0 Å². The second-order valence-corrected chi connectivity index (χ2v) is 3.19. The Kier molecular flexibility index (Phi) is 3.82. The van der Waals surface area contributed by atoms with Crippen molar-refractivity contribution in [1.82, 2.24) is 5.12 Å². The molecule has 1 atom stereocenters. The summed E-state index contributed by atoms with van der Waals surface area (Å²) in [4.78, 5) is 21.3. The van der Waals surface area contributed by atoms with E-state index in [2.05, 4.69) is 5.73 Å². The molecule has 1 aromatic carbocycles. The second-order valence-electron chi connectivity index (χ2n) is 3.19. The van der Waals surface area contributed by atoms with Crippen LogP contribution in [-0.2, 0) is 11.2 Å². The average Bonchev–Trinajstić information content (AvgIpc) is 2.26. The fraction of sp³-hybridized carbons (Fsp3) is 0.200. The number of nitrogens with zero attached hydrogens (tertiary/aromatic N) is 1. The molecule has 0 aliphatic heterocycles. The number of benzene rings is 1. The highest BCUT2D eigenvalue weighted by molar-refractivity contribution is 5.81.